The maximum atomic E-state index is 13.0. The molecule has 1 aliphatic heterocycles. The molecule has 0 spiro atoms. The lowest BCUT2D eigenvalue weighted by molar-refractivity contribution is 0.0941. The first-order chi connectivity index (χ1) is 12.9. The number of furan rings is 1. The molecule has 7 heteroatoms. The van der Waals surface area contributed by atoms with Crippen LogP contribution in [0, 0.1) is 13.8 Å². The number of hydrogen-bond donors (Lipinski definition) is 2. The van der Waals surface area contributed by atoms with Crippen molar-refractivity contribution < 1.29 is 9.21 Å². The van der Waals surface area contributed by atoms with Gasteiger partial charge in [-0.25, -0.2) is 9.67 Å². The molecule has 1 amide bonds. The summed E-state index contributed by atoms with van der Waals surface area (Å²) in [4.78, 5) is 17.9. The van der Waals surface area contributed by atoms with Crippen molar-refractivity contribution in [2.45, 2.75) is 46.2 Å². The summed E-state index contributed by atoms with van der Waals surface area (Å²) in [6, 6.07) is 4.11. The molecule has 0 bridgehead atoms. The third-order valence-electron chi connectivity index (χ3n) is 5.01. The van der Waals surface area contributed by atoms with Gasteiger partial charge in [-0.15, -0.1) is 0 Å². The highest BCUT2D eigenvalue weighted by Crippen LogP contribution is 2.30. The van der Waals surface area contributed by atoms with Crippen molar-refractivity contribution in [3.8, 4) is 11.3 Å². The van der Waals surface area contributed by atoms with E-state index in [4.69, 9.17) is 9.40 Å². The second kappa shape index (κ2) is 6.81. The lowest BCUT2D eigenvalue weighted by atomic mass is 10.1. The monoisotopic (exact) mass is 367 g/mol. The van der Waals surface area contributed by atoms with Gasteiger partial charge in [0.25, 0.3) is 5.91 Å². The predicted molar refractivity (Wildman–Crippen MR) is 104 cm³/mol. The highest BCUT2D eigenvalue weighted by Gasteiger charge is 2.23. The van der Waals surface area contributed by atoms with Gasteiger partial charge in [0.05, 0.1) is 22.8 Å². The standard InChI is InChI=1S/C20H25N5O2/c1-11(2)25-19-17(10-22-25)16(20(26)23-14-5-6-21-9-14)8-18(24-19)15-7-12(3)27-13(15)4/h7-8,10-11,14,21H,5-6,9H2,1-4H3,(H,23,26). The van der Waals surface area contributed by atoms with E-state index in [1.807, 2.05) is 30.7 Å². The first-order valence-electron chi connectivity index (χ1n) is 9.41. The topological polar surface area (TPSA) is 85.0 Å². The highest BCUT2D eigenvalue weighted by molar-refractivity contribution is 6.06. The van der Waals surface area contributed by atoms with Crippen molar-refractivity contribution in [3.05, 3.63) is 35.4 Å². The zero-order valence-corrected chi connectivity index (χ0v) is 16.2. The molecule has 0 saturated carbocycles. The molecule has 1 unspecified atom stereocenters. The molecule has 142 valence electrons. The van der Waals surface area contributed by atoms with E-state index in [9.17, 15) is 4.79 Å². The van der Waals surface area contributed by atoms with Gasteiger partial charge in [0, 0.05) is 24.2 Å². The largest absolute Gasteiger partial charge is 0.466 e. The summed E-state index contributed by atoms with van der Waals surface area (Å²) in [6.07, 6.45) is 2.68. The fourth-order valence-electron chi connectivity index (χ4n) is 3.65. The van der Waals surface area contributed by atoms with Crippen LogP contribution in [0.5, 0.6) is 0 Å². The van der Waals surface area contributed by atoms with Gasteiger partial charge in [0.15, 0.2) is 5.65 Å². The summed E-state index contributed by atoms with van der Waals surface area (Å²) < 4.78 is 7.53. The van der Waals surface area contributed by atoms with Crippen LogP contribution in [-0.4, -0.2) is 39.8 Å². The molecule has 0 aromatic carbocycles. The maximum absolute atomic E-state index is 13.0. The predicted octanol–water partition coefficient (Wildman–Crippen LogP) is 2.98. The van der Waals surface area contributed by atoms with Crippen LogP contribution in [-0.2, 0) is 0 Å². The maximum Gasteiger partial charge on any atom is 0.252 e. The smallest absolute Gasteiger partial charge is 0.252 e. The number of carbonyl (C=O) groups is 1. The minimum absolute atomic E-state index is 0.0847. The van der Waals surface area contributed by atoms with E-state index in [0.717, 1.165) is 53.3 Å². The van der Waals surface area contributed by atoms with Crippen LogP contribution in [0.3, 0.4) is 0 Å². The van der Waals surface area contributed by atoms with Gasteiger partial charge in [0.2, 0.25) is 0 Å². The molecule has 4 heterocycles. The van der Waals surface area contributed by atoms with Crippen molar-refractivity contribution in [1.82, 2.24) is 25.4 Å². The van der Waals surface area contributed by atoms with E-state index in [1.54, 1.807) is 6.20 Å². The number of nitrogens with zero attached hydrogens (tertiary/aromatic N) is 3. The van der Waals surface area contributed by atoms with Gasteiger partial charge in [0.1, 0.15) is 11.5 Å². The average molecular weight is 367 g/mol. The third-order valence-corrected chi connectivity index (χ3v) is 5.01. The fourth-order valence-corrected chi connectivity index (χ4v) is 3.65. The van der Waals surface area contributed by atoms with Crippen molar-refractivity contribution in [3.63, 3.8) is 0 Å². The minimum Gasteiger partial charge on any atom is -0.466 e. The number of pyridine rings is 1. The number of hydrogen-bond acceptors (Lipinski definition) is 5. The Balaban J connectivity index is 1.85. The van der Waals surface area contributed by atoms with Crippen molar-refractivity contribution in [2.75, 3.05) is 13.1 Å². The lowest BCUT2D eigenvalue weighted by Crippen LogP contribution is -2.36. The van der Waals surface area contributed by atoms with E-state index in [-0.39, 0.29) is 18.0 Å². The van der Waals surface area contributed by atoms with Crippen LogP contribution < -0.4 is 10.6 Å². The molecule has 3 aromatic heterocycles. The molecule has 1 aliphatic rings. The third kappa shape index (κ3) is 3.23. The molecule has 0 radical (unpaired) electrons. The van der Waals surface area contributed by atoms with Crippen molar-refractivity contribution in [2.24, 2.45) is 0 Å². The number of amides is 1. The summed E-state index contributed by atoms with van der Waals surface area (Å²) in [5.74, 6) is 1.53. The first kappa shape index (κ1) is 17.7. The highest BCUT2D eigenvalue weighted by atomic mass is 16.3. The van der Waals surface area contributed by atoms with Gasteiger partial charge in [-0.2, -0.15) is 5.10 Å². The first-order valence-corrected chi connectivity index (χ1v) is 9.41. The number of carbonyl (C=O) groups excluding carboxylic acids is 1. The van der Waals surface area contributed by atoms with Gasteiger partial charge < -0.3 is 15.1 Å². The molecule has 1 atom stereocenters. The van der Waals surface area contributed by atoms with E-state index in [0.29, 0.717) is 5.56 Å². The van der Waals surface area contributed by atoms with E-state index in [1.165, 1.54) is 0 Å². The lowest BCUT2D eigenvalue weighted by Gasteiger charge is -2.13. The number of fused-ring (bicyclic) bond motifs is 1. The molecule has 27 heavy (non-hydrogen) atoms. The number of rotatable bonds is 4. The van der Waals surface area contributed by atoms with Crippen LogP contribution in [0.2, 0.25) is 0 Å². The summed E-state index contributed by atoms with van der Waals surface area (Å²) in [5.41, 5.74) is 2.96. The number of nitrogens with one attached hydrogen (secondary N) is 2. The molecular formula is C20H25N5O2. The zero-order valence-electron chi connectivity index (χ0n) is 16.2. The Morgan fingerprint density at radius 2 is 2.19 bits per heavy atom. The van der Waals surface area contributed by atoms with Crippen LogP contribution >= 0.6 is 0 Å². The normalized spacial score (nSPS) is 17.1. The quantitative estimate of drug-likeness (QED) is 0.740. The molecule has 3 aromatic rings. The Hall–Kier alpha value is -2.67. The Bertz CT molecular complexity index is 995. The molecular weight excluding hydrogens is 342 g/mol. The number of aryl methyl sites for hydroxylation is 2. The van der Waals surface area contributed by atoms with Gasteiger partial charge in [-0.3, -0.25) is 4.79 Å². The van der Waals surface area contributed by atoms with E-state index in [2.05, 4.69) is 29.6 Å². The Morgan fingerprint density at radius 3 is 2.81 bits per heavy atom. The van der Waals surface area contributed by atoms with Crippen LogP contribution in [0.15, 0.2) is 22.7 Å². The van der Waals surface area contributed by atoms with E-state index >= 15 is 0 Å². The molecule has 4 rings (SSSR count). The van der Waals surface area contributed by atoms with Crippen LogP contribution in [0.4, 0.5) is 0 Å². The minimum atomic E-state index is -0.0847. The molecule has 1 saturated heterocycles. The summed E-state index contributed by atoms with van der Waals surface area (Å²) >= 11 is 0. The Morgan fingerprint density at radius 1 is 1.37 bits per heavy atom. The molecule has 7 nitrogen and oxygen atoms in total. The summed E-state index contributed by atoms with van der Waals surface area (Å²) in [5, 5.41) is 11.7. The Kier molecular flexibility index (Phi) is 4.47. The van der Waals surface area contributed by atoms with Gasteiger partial charge in [-0.05, 0) is 52.8 Å². The van der Waals surface area contributed by atoms with Crippen molar-refractivity contribution >= 4 is 16.9 Å². The van der Waals surface area contributed by atoms with Crippen LogP contribution in [0.25, 0.3) is 22.3 Å². The second-order valence-corrected chi connectivity index (χ2v) is 7.47. The fraction of sp³-hybridized carbons (Fsp3) is 0.450. The Labute approximate surface area is 158 Å². The van der Waals surface area contributed by atoms with Crippen molar-refractivity contribution in [1.29, 1.82) is 0 Å². The molecule has 0 aliphatic carbocycles. The molecule has 1 fully saturated rings. The SMILES string of the molecule is Cc1cc(-c2cc(C(=O)NC3CCNC3)c3cnn(C(C)C)c3n2)c(C)o1. The average Bonchev–Trinajstić information content (AvgIpc) is 3.33. The zero-order chi connectivity index (χ0) is 19.1. The molecule has 2 N–H and O–H groups in total. The summed E-state index contributed by atoms with van der Waals surface area (Å²) in [7, 11) is 0. The second-order valence-electron chi connectivity index (χ2n) is 7.47. The van der Waals surface area contributed by atoms with Gasteiger partial charge >= 0.3 is 0 Å². The number of aromatic nitrogens is 3. The van der Waals surface area contributed by atoms with Crippen LogP contribution in [0.1, 0.15) is 48.2 Å². The van der Waals surface area contributed by atoms with E-state index < -0.39 is 0 Å². The van der Waals surface area contributed by atoms with Gasteiger partial charge in [-0.1, -0.05) is 0 Å². The summed E-state index contributed by atoms with van der Waals surface area (Å²) in [6.45, 7) is 9.67.